The van der Waals surface area contributed by atoms with Crippen LogP contribution in [0.2, 0.25) is 0 Å². The smallest absolute Gasteiger partial charge is 0.171 e. The SMILES string of the molecule is CCOCO[C@H]1CC[C@]2(C)[C@H]3CC[C@]4(C)[C@@H]5[C@H](C[C@H]4[C@@H]3CC[C@@]2(O)C1)O[C@]1(CC[C@@H](C)CO1)[C@H]5C. The highest BCUT2D eigenvalue weighted by atomic mass is 16.7. The van der Waals surface area contributed by atoms with Gasteiger partial charge in [0.2, 0.25) is 0 Å². The molecule has 0 amide bonds. The lowest BCUT2D eigenvalue weighted by molar-refractivity contribution is -0.274. The molecule has 12 atom stereocenters. The van der Waals surface area contributed by atoms with E-state index < -0.39 is 5.60 Å². The minimum absolute atomic E-state index is 0.00324. The van der Waals surface area contributed by atoms with Gasteiger partial charge >= 0.3 is 0 Å². The second-order valence-corrected chi connectivity index (χ2v) is 14.0. The van der Waals surface area contributed by atoms with Crippen molar-refractivity contribution in [2.75, 3.05) is 20.0 Å². The van der Waals surface area contributed by atoms with Crippen LogP contribution in [-0.4, -0.2) is 48.7 Å². The summed E-state index contributed by atoms with van der Waals surface area (Å²) in [6.45, 7) is 13.6. The van der Waals surface area contributed by atoms with Gasteiger partial charge in [-0.1, -0.05) is 27.7 Å². The molecule has 6 fully saturated rings. The zero-order chi connectivity index (χ0) is 24.6. The molecule has 0 radical (unpaired) electrons. The van der Waals surface area contributed by atoms with Crippen molar-refractivity contribution in [3.63, 3.8) is 0 Å². The molecule has 0 aromatic carbocycles. The van der Waals surface area contributed by atoms with Gasteiger partial charge < -0.3 is 24.1 Å². The molecule has 2 aliphatic heterocycles. The molecule has 5 nitrogen and oxygen atoms in total. The monoisotopic (exact) mass is 490 g/mol. The molecule has 0 bridgehead atoms. The first-order valence-electron chi connectivity index (χ1n) is 14.9. The molecule has 4 aliphatic carbocycles. The Balaban J connectivity index is 1.19. The van der Waals surface area contributed by atoms with Gasteiger partial charge in [0.1, 0.15) is 6.79 Å². The van der Waals surface area contributed by atoms with Gasteiger partial charge in [-0.25, -0.2) is 0 Å². The van der Waals surface area contributed by atoms with Crippen molar-refractivity contribution in [2.24, 2.45) is 46.3 Å². The quantitative estimate of drug-likeness (QED) is 0.391. The minimum Gasteiger partial charge on any atom is -0.389 e. The molecule has 0 aromatic rings. The van der Waals surface area contributed by atoms with E-state index in [4.69, 9.17) is 18.9 Å². The van der Waals surface area contributed by atoms with Crippen LogP contribution >= 0.6 is 0 Å². The van der Waals surface area contributed by atoms with Gasteiger partial charge in [0, 0.05) is 25.4 Å². The van der Waals surface area contributed by atoms with Gasteiger partial charge in [0.05, 0.1) is 24.4 Å². The third-order valence-electron chi connectivity index (χ3n) is 12.6. The van der Waals surface area contributed by atoms with Crippen molar-refractivity contribution in [3.8, 4) is 0 Å². The molecule has 4 saturated carbocycles. The Morgan fingerprint density at radius 2 is 1.80 bits per heavy atom. The van der Waals surface area contributed by atoms with E-state index in [0.717, 1.165) is 45.1 Å². The van der Waals surface area contributed by atoms with E-state index in [-0.39, 0.29) is 17.3 Å². The predicted molar refractivity (Wildman–Crippen MR) is 135 cm³/mol. The molecule has 1 spiro atoms. The Labute approximate surface area is 213 Å². The van der Waals surface area contributed by atoms with E-state index in [1.54, 1.807) is 0 Å². The molecule has 6 rings (SSSR count). The topological polar surface area (TPSA) is 57.2 Å². The maximum Gasteiger partial charge on any atom is 0.171 e. The van der Waals surface area contributed by atoms with Crippen LogP contribution in [0.4, 0.5) is 0 Å². The fourth-order valence-corrected chi connectivity index (χ4v) is 10.6. The molecule has 1 N–H and O–H groups in total. The summed E-state index contributed by atoms with van der Waals surface area (Å²) in [4.78, 5) is 0. The molecule has 5 heteroatoms. The van der Waals surface area contributed by atoms with Crippen molar-refractivity contribution in [3.05, 3.63) is 0 Å². The fraction of sp³-hybridized carbons (Fsp3) is 1.00. The summed E-state index contributed by atoms with van der Waals surface area (Å²) in [7, 11) is 0. The van der Waals surface area contributed by atoms with E-state index in [1.165, 1.54) is 25.7 Å². The fourth-order valence-electron chi connectivity index (χ4n) is 10.6. The molecule has 200 valence electrons. The highest BCUT2D eigenvalue weighted by Crippen LogP contribution is 2.72. The number of aliphatic hydroxyl groups is 1. The first-order valence-corrected chi connectivity index (χ1v) is 14.9. The Morgan fingerprint density at radius 3 is 2.54 bits per heavy atom. The lowest BCUT2D eigenvalue weighted by Gasteiger charge is -2.64. The van der Waals surface area contributed by atoms with Gasteiger partial charge in [-0.2, -0.15) is 0 Å². The third kappa shape index (κ3) is 3.57. The van der Waals surface area contributed by atoms with E-state index >= 15 is 0 Å². The van der Waals surface area contributed by atoms with Gasteiger partial charge in [-0.3, -0.25) is 0 Å². The first-order chi connectivity index (χ1) is 16.7. The van der Waals surface area contributed by atoms with E-state index in [1.807, 2.05) is 6.92 Å². The highest BCUT2D eigenvalue weighted by molar-refractivity contribution is 5.18. The van der Waals surface area contributed by atoms with Crippen LogP contribution in [0, 0.1) is 46.3 Å². The lowest BCUT2D eigenvalue weighted by atomic mass is 9.43. The van der Waals surface area contributed by atoms with Crippen molar-refractivity contribution in [1.29, 1.82) is 0 Å². The molecule has 35 heavy (non-hydrogen) atoms. The molecule has 2 heterocycles. The lowest BCUT2D eigenvalue weighted by Crippen LogP contribution is -2.63. The molecule has 0 aromatic heterocycles. The van der Waals surface area contributed by atoms with Crippen molar-refractivity contribution >= 4 is 0 Å². The third-order valence-corrected chi connectivity index (χ3v) is 12.6. The summed E-state index contributed by atoms with van der Waals surface area (Å²) < 4.78 is 24.9. The molecular formula is C30H50O5. The molecule has 2 saturated heterocycles. The summed E-state index contributed by atoms with van der Waals surface area (Å²) in [5.41, 5.74) is -0.270. The maximum absolute atomic E-state index is 12.0. The Bertz CT molecular complexity index is 794. The first kappa shape index (κ1) is 25.1. The summed E-state index contributed by atoms with van der Waals surface area (Å²) in [6.07, 6.45) is 11.4. The average Bonchev–Trinajstić information content (AvgIpc) is 3.27. The Hall–Kier alpha value is -0.200. The van der Waals surface area contributed by atoms with Crippen LogP contribution in [0.1, 0.15) is 98.8 Å². The minimum atomic E-state index is -0.605. The summed E-state index contributed by atoms with van der Waals surface area (Å²) >= 11 is 0. The molecule has 0 unspecified atom stereocenters. The normalized spacial score (nSPS) is 57.4. The Kier molecular flexibility index (Phi) is 6.21. The van der Waals surface area contributed by atoms with Gasteiger partial charge in [0.25, 0.3) is 0 Å². The molecular weight excluding hydrogens is 440 g/mol. The van der Waals surface area contributed by atoms with Crippen molar-refractivity contribution < 1.29 is 24.1 Å². The standard InChI is InChI=1S/C30H50O5/c1-6-32-18-33-21-8-12-28(5)23-10-11-27(4)24(22(23)9-13-29(28,31)16-21)15-25-26(27)20(3)30(35-25)14-7-19(2)17-34-30/h19-26,31H,6-18H2,1-5H3/t19-,20+,21+,22-,23+,24+,25+,26+,27+,28-,29-,30-/m1/s1. The van der Waals surface area contributed by atoms with E-state index in [0.29, 0.717) is 60.4 Å². The highest BCUT2D eigenvalue weighted by Gasteiger charge is 2.70. The van der Waals surface area contributed by atoms with Gasteiger partial charge in [-0.15, -0.1) is 0 Å². The largest absolute Gasteiger partial charge is 0.389 e. The van der Waals surface area contributed by atoms with E-state index in [9.17, 15) is 5.11 Å². The van der Waals surface area contributed by atoms with Crippen LogP contribution in [0.3, 0.4) is 0 Å². The van der Waals surface area contributed by atoms with E-state index in [2.05, 4.69) is 27.7 Å². The number of fused-ring (bicyclic) bond motifs is 7. The summed E-state index contributed by atoms with van der Waals surface area (Å²) in [5, 5.41) is 12.0. The second kappa shape index (κ2) is 8.66. The number of hydrogen-bond donors (Lipinski definition) is 1. The zero-order valence-electron chi connectivity index (χ0n) is 22.9. The van der Waals surface area contributed by atoms with Crippen LogP contribution in [-0.2, 0) is 18.9 Å². The van der Waals surface area contributed by atoms with Crippen molar-refractivity contribution in [2.45, 2.75) is 122 Å². The van der Waals surface area contributed by atoms with Crippen LogP contribution in [0.25, 0.3) is 0 Å². The number of ether oxygens (including phenoxy) is 4. The second-order valence-electron chi connectivity index (χ2n) is 14.0. The Morgan fingerprint density at radius 1 is 0.971 bits per heavy atom. The van der Waals surface area contributed by atoms with Crippen LogP contribution in [0.5, 0.6) is 0 Å². The van der Waals surface area contributed by atoms with Crippen molar-refractivity contribution in [1.82, 2.24) is 0 Å². The van der Waals surface area contributed by atoms with Crippen LogP contribution in [0.15, 0.2) is 0 Å². The summed E-state index contributed by atoms with van der Waals surface area (Å²) in [5.74, 6) is 3.44. The number of hydrogen-bond acceptors (Lipinski definition) is 5. The average molecular weight is 491 g/mol. The predicted octanol–water partition coefficient (Wildman–Crippen LogP) is 5.93. The van der Waals surface area contributed by atoms with Gasteiger partial charge in [0.15, 0.2) is 5.79 Å². The van der Waals surface area contributed by atoms with Crippen LogP contribution < -0.4 is 0 Å². The maximum atomic E-state index is 12.0. The molecule has 6 aliphatic rings. The number of rotatable bonds is 4. The van der Waals surface area contributed by atoms with Gasteiger partial charge in [-0.05, 0) is 98.7 Å². The summed E-state index contributed by atoms with van der Waals surface area (Å²) in [6, 6.07) is 0. The zero-order valence-corrected chi connectivity index (χ0v) is 22.9.